The number of aromatic amines is 1. The second kappa shape index (κ2) is 6.22. The van der Waals surface area contributed by atoms with Crippen molar-refractivity contribution in [1.82, 2.24) is 20.5 Å². The second-order valence-corrected chi connectivity index (χ2v) is 3.97. The lowest BCUT2D eigenvalue weighted by Crippen LogP contribution is -2.28. The second-order valence-electron chi connectivity index (χ2n) is 3.97. The van der Waals surface area contributed by atoms with Crippen molar-refractivity contribution in [3.8, 4) is 0 Å². The summed E-state index contributed by atoms with van der Waals surface area (Å²) in [7, 11) is 0. The number of nitrogens with one attached hydrogen (secondary N) is 2. The first kappa shape index (κ1) is 12.6. The molecule has 0 saturated carbocycles. The summed E-state index contributed by atoms with van der Waals surface area (Å²) in [4.78, 5) is 15.4. The Morgan fingerprint density at radius 3 is 2.88 bits per heavy atom. The Bertz CT molecular complexity index is 335. The molecule has 0 atom stereocenters. The van der Waals surface area contributed by atoms with Gasteiger partial charge >= 0.3 is 0 Å². The summed E-state index contributed by atoms with van der Waals surface area (Å²) in [6.45, 7) is 7.58. The maximum absolute atomic E-state index is 11.4. The van der Waals surface area contributed by atoms with Crippen molar-refractivity contribution >= 4 is 5.91 Å². The number of amides is 1. The van der Waals surface area contributed by atoms with Gasteiger partial charge in [-0.15, -0.1) is 5.10 Å². The van der Waals surface area contributed by atoms with Gasteiger partial charge in [-0.1, -0.05) is 13.8 Å². The molecule has 6 nitrogen and oxygen atoms in total. The van der Waals surface area contributed by atoms with Crippen LogP contribution in [0, 0.1) is 12.8 Å². The molecule has 1 aromatic heterocycles. The number of H-pyrrole nitrogens is 1. The third-order valence-corrected chi connectivity index (χ3v) is 1.78. The highest BCUT2D eigenvalue weighted by Gasteiger charge is 2.09. The normalized spacial score (nSPS) is 10.8. The van der Waals surface area contributed by atoms with E-state index in [4.69, 9.17) is 4.74 Å². The molecule has 0 aromatic carbocycles. The van der Waals surface area contributed by atoms with E-state index < -0.39 is 0 Å². The van der Waals surface area contributed by atoms with Crippen LogP contribution in [0.1, 0.15) is 30.3 Å². The predicted molar refractivity (Wildman–Crippen MR) is 59.1 cm³/mol. The molecule has 0 aliphatic heterocycles. The first-order valence-electron chi connectivity index (χ1n) is 5.34. The van der Waals surface area contributed by atoms with Crippen LogP contribution in [0.2, 0.25) is 0 Å². The Hall–Kier alpha value is -1.43. The molecule has 6 heteroatoms. The standard InChI is InChI=1S/C10H18N4O2/c1-7(2)6-16-5-4-11-10(15)9-12-8(3)13-14-9/h7H,4-6H2,1-3H3,(H,11,15)(H,12,13,14). The van der Waals surface area contributed by atoms with E-state index >= 15 is 0 Å². The molecule has 0 bridgehead atoms. The van der Waals surface area contributed by atoms with Crippen molar-refractivity contribution < 1.29 is 9.53 Å². The van der Waals surface area contributed by atoms with Gasteiger partial charge in [-0.2, -0.15) is 0 Å². The molecule has 90 valence electrons. The number of hydrogen-bond donors (Lipinski definition) is 2. The molecule has 0 radical (unpaired) electrons. The molecule has 0 aliphatic carbocycles. The van der Waals surface area contributed by atoms with Crippen molar-refractivity contribution in [3.63, 3.8) is 0 Å². The zero-order valence-corrected chi connectivity index (χ0v) is 9.91. The van der Waals surface area contributed by atoms with Crippen molar-refractivity contribution in [3.05, 3.63) is 11.6 Å². The van der Waals surface area contributed by atoms with Gasteiger partial charge in [0, 0.05) is 13.2 Å². The number of hydrogen-bond acceptors (Lipinski definition) is 4. The van der Waals surface area contributed by atoms with Crippen LogP contribution in [0.4, 0.5) is 0 Å². The van der Waals surface area contributed by atoms with E-state index in [0.29, 0.717) is 31.5 Å². The van der Waals surface area contributed by atoms with Crippen LogP contribution >= 0.6 is 0 Å². The molecular formula is C10H18N4O2. The molecule has 2 N–H and O–H groups in total. The third-order valence-electron chi connectivity index (χ3n) is 1.78. The molecule has 0 aliphatic rings. The summed E-state index contributed by atoms with van der Waals surface area (Å²) in [6, 6.07) is 0. The monoisotopic (exact) mass is 226 g/mol. The number of rotatable bonds is 6. The lowest BCUT2D eigenvalue weighted by molar-refractivity contribution is 0.0878. The topological polar surface area (TPSA) is 79.9 Å². The number of nitrogens with zero attached hydrogens (tertiary/aromatic N) is 2. The Morgan fingerprint density at radius 2 is 2.31 bits per heavy atom. The smallest absolute Gasteiger partial charge is 0.291 e. The zero-order chi connectivity index (χ0) is 12.0. The van der Waals surface area contributed by atoms with Crippen LogP contribution in [0.25, 0.3) is 0 Å². The van der Waals surface area contributed by atoms with E-state index in [-0.39, 0.29) is 11.7 Å². The number of carbonyl (C=O) groups is 1. The Kier molecular flexibility index (Phi) is 4.91. The van der Waals surface area contributed by atoms with E-state index in [0.717, 1.165) is 0 Å². The average Bonchev–Trinajstić information content (AvgIpc) is 2.63. The Morgan fingerprint density at radius 1 is 1.56 bits per heavy atom. The van der Waals surface area contributed by atoms with E-state index in [9.17, 15) is 4.79 Å². The fourth-order valence-electron chi connectivity index (χ4n) is 1.08. The number of carbonyl (C=O) groups excluding carboxylic acids is 1. The summed E-state index contributed by atoms with van der Waals surface area (Å²) in [5.41, 5.74) is 0. The number of aryl methyl sites for hydroxylation is 1. The summed E-state index contributed by atoms with van der Waals surface area (Å²) in [6.07, 6.45) is 0. The summed E-state index contributed by atoms with van der Waals surface area (Å²) < 4.78 is 5.32. The SMILES string of the molecule is Cc1nc(C(=O)NCCOCC(C)C)n[nH]1. The van der Waals surface area contributed by atoms with Crippen LogP contribution in [0.5, 0.6) is 0 Å². The van der Waals surface area contributed by atoms with Crippen LogP contribution < -0.4 is 5.32 Å². The molecule has 0 spiro atoms. The van der Waals surface area contributed by atoms with Gasteiger partial charge in [0.15, 0.2) is 0 Å². The Balaban J connectivity index is 2.16. The minimum atomic E-state index is -0.280. The van der Waals surface area contributed by atoms with Gasteiger partial charge in [0.2, 0.25) is 5.82 Å². The fraction of sp³-hybridized carbons (Fsp3) is 0.700. The highest BCUT2D eigenvalue weighted by molar-refractivity contribution is 5.90. The van der Waals surface area contributed by atoms with Gasteiger partial charge in [0.1, 0.15) is 5.82 Å². The van der Waals surface area contributed by atoms with Crippen molar-refractivity contribution in [2.45, 2.75) is 20.8 Å². The molecule has 1 rings (SSSR count). The molecular weight excluding hydrogens is 208 g/mol. The van der Waals surface area contributed by atoms with Crippen LogP contribution in [0.3, 0.4) is 0 Å². The van der Waals surface area contributed by atoms with E-state index in [1.165, 1.54) is 0 Å². The molecule has 1 amide bonds. The number of aromatic nitrogens is 3. The lowest BCUT2D eigenvalue weighted by atomic mass is 10.2. The zero-order valence-electron chi connectivity index (χ0n) is 9.91. The highest BCUT2D eigenvalue weighted by Crippen LogP contribution is 1.92. The van der Waals surface area contributed by atoms with Crippen molar-refractivity contribution in [2.75, 3.05) is 19.8 Å². The number of ether oxygens (including phenoxy) is 1. The largest absolute Gasteiger partial charge is 0.379 e. The van der Waals surface area contributed by atoms with E-state index in [1.54, 1.807) is 6.92 Å². The summed E-state index contributed by atoms with van der Waals surface area (Å²) >= 11 is 0. The van der Waals surface area contributed by atoms with Gasteiger partial charge in [-0.3, -0.25) is 9.89 Å². The van der Waals surface area contributed by atoms with Crippen LogP contribution in [0.15, 0.2) is 0 Å². The first-order valence-corrected chi connectivity index (χ1v) is 5.34. The summed E-state index contributed by atoms with van der Waals surface area (Å²) in [5.74, 6) is 1.02. The van der Waals surface area contributed by atoms with Crippen molar-refractivity contribution in [1.29, 1.82) is 0 Å². The molecule has 0 fully saturated rings. The quantitative estimate of drug-likeness (QED) is 0.693. The minimum absolute atomic E-state index is 0.168. The van der Waals surface area contributed by atoms with Gasteiger partial charge in [-0.25, -0.2) is 4.98 Å². The molecule has 16 heavy (non-hydrogen) atoms. The molecule has 0 saturated heterocycles. The Labute approximate surface area is 94.8 Å². The van der Waals surface area contributed by atoms with Crippen LogP contribution in [-0.2, 0) is 4.74 Å². The maximum atomic E-state index is 11.4. The van der Waals surface area contributed by atoms with E-state index in [2.05, 4.69) is 34.3 Å². The molecule has 1 aromatic rings. The summed E-state index contributed by atoms with van der Waals surface area (Å²) in [5, 5.41) is 9.04. The van der Waals surface area contributed by atoms with Gasteiger partial charge in [0.05, 0.1) is 6.61 Å². The predicted octanol–water partition coefficient (Wildman–Crippen LogP) is 0.516. The third kappa shape index (κ3) is 4.39. The first-order chi connectivity index (χ1) is 7.59. The van der Waals surface area contributed by atoms with E-state index in [1.807, 2.05) is 0 Å². The van der Waals surface area contributed by atoms with Gasteiger partial charge < -0.3 is 10.1 Å². The van der Waals surface area contributed by atoms with Gasteiger partial charge in [0.25, 0.3) is 5.91 Å². The maximum Gasteiger partial charge on any atom is 0.291 e. The van der Waals surface area contributed by atoms with Crippen molar-refractivity contribution in [2.24, 2.45) is 5.92 Å². The average molecular weight is 226 g/mol. The fourth-order valence-corrected chi connectivity index (χ4v) is 1.08. The van der Waals surface area contributed by atoms with Crippen LogP contribution in [-0.4, -0.2) is 40.8 Å². The van der Waals surface area contributed by atoms with Gasteiger partial charge in [-0.05, 0) is 12.8 Å². The minimum Gasteiger partial charge on any atom is -0.379 e. The molecule has 1 heterocycles. The lowest BCUT2D eigenvalue weighted by Gasteiger charge is -2.06. The molecule has 0 unspecified atom stereocenters. The highest BCUT2D eigenvalue weighted by atomic mass is 16.5.